The van der Waals surface area contributed by atoms with Gasteiger partial charge in [0.05, 0.1) is 0 Å². The molecule has 0 amide bonds. The topological polar surface area (TPSA) is 74.8 Å². The van der Waals surface area contributed by atoms with Gasteiger partial charge in [0.15, 0.2) is 5.82 Å². The molecule has 6 heteroatoms. The minimum atomic E-state index is 0.305. The van der Waals surface area contributed by atoms with Crippen molar-refractivity contribution in [2.45, 2.75) is 52.5 Å². The predicted molar refractivity (Wildman–Crippen MR) is 104 cm³/mol. The van der Waals surface area contributed by atoms with Crippen molar-refractivity contribution in [1.29, 1.82) is 0 Å². The number of nitrogens with zero attached hydrogens (tertiary/aromatic N) is 3. The summed E-state index contributed by atoms with van der Waals surface area (Å²) in [4.78, 5) is 14.1. The molecule has 1 saturated heterocycles. The number of fused-ring (bicyclic) bond motifs is 1. The van der Waals surface area contributed by atoms with Crippen molar-refractivity contribution in [1.82, 2.24) is 20.3 Å². The molecule has 3 N–H and O–H groups in total. The molecule has 3 rings (SSSR count). The molecule has 3 heterocycles. The molecule has 0 bridgehead atoms. The molecule has 25 heavy (non-hydrogen) atoms. The molecule has 0 unspecified atom stereocenters. The van der Waals surface area contributed by atoms with Crippen molar-refractivity contribution >= 4 is 22.7 Å². The molecule has 0 radical (unpaired) electrons. The van der Waals surface area contributed by atoms with Crippen LogP contribution in [0, 0.1) is 5.92 Å². The summed E-state index contributed by atoms with van der Waals surface area (Å²) in [5, 5.41) is 11.3. The predicted octanol–water partition coefficient (Wildman–Crippen LogP) is 3.38. The third-order valence-corrected chi connectivity index (χ3v) is 4.61. The lowest BCUT2D eigenvalue weighted by Gasteiger charge is -2.22. The summed E-state index contributed by atoms with van der Waals surface area (Å²) in [6.07, 6.45) is 4.33. The molecule has 1 fully saturated rings. The highest BCUT2D eigenvalue weighted by Gasteiger charge is 2.15. The van der Waals surface area contributed by atoms with Crippen molar-refractivity contribution in [3.8, 4) is 0 Å². The fraction of sp³-hybridized carbons (Fsp3) is 0.632. The highest BCUT2D eigenvalue weighted by atomic mass is 15.1. The van der Waals surface area contributed by atoms with E-state index in [0.717, 1.165) is 42.0 Å². The van der Waals surface area contributed by atoms with Gasteiger partial charge in [-0.2, -0.15) is 0 Å². The number of rotatable bonds is 6. The first-order valence-corrected chi connectivity index (χ1v) is 9.41. The first kappa shape index (κ1) is 17.9. The first-order chi connectivity index (χ1) is 12.0. The second-order valence-corrected chi connectivity index (χ2v) is 7.56. The molecular weight excluding hydrogens is 312 g/mol. The van der Waals surface area contributed by atoms with E-state index in [0.29, 0.717) is 23.8 Å². The van der Waals surface area contributed by atoms with Gasteiger partial charge in [-0.25, -0.2) is 15.0 Å². The van der Waals surface area contributed by atoms with Gasteiger partial charge in [-0.15, -0.1) is 0 Å². The number of hydrogen-bond donors (Lipinski definition) is 3. The van der Waals surface area contributed by atoms with Gasteiger partial charge in [0.25, 0.3) is 0 Å². The summed E-state index contributed by atoms with van der Waals surface area (Å²) in [6, 6.07) is 2.40. The molecule has 2 aromatic heterocycles. The Hall–Kier alpha value is -1.95. The Morgan fingerprint density at radius 2 is 1.92 bits per heavy atom. The lowest BCUT2D eigenvalue weighted by atomic mass is 9.98. The van der Waals surface area contributed by atoms with Gasteiger partial charge in [0, 0.05) is 29.9 Å². The largest absolute Gasteiger partial charge is 0.366 e. The fourth-order valence-corrected chi connectivity index (χ4v) is 3.14. The highest BCUT2D eigenvalue weighted by Crippen LogP contribution is 2.25. The Bertz CT molecular complexity index is 706. The van der Waals surface area contributed by atoms with Gasteiger partial charge in [0.2, 0.25) is 5.95 Å². The van der Waals surface area contributed by atoms with Crippen molar-refractivity contribution < 1.29 is 0 Å². The lowest BCUT2D eigenvalue weighted by Crippen LogP contribution is -2.31. The molecule has 136 valence electrons. The van der Waals surface area contributed by atoms with Gasteiger partial charge in [0.1, 0.15) is 5.52 Å². The molecular formula is C19H30N6. The van der Waals surface area contributed by atoms with Crippen LogP contribution < -0.4 is 16.0 Å². The maximum atomic E-state index is 4.79. The van der Waals surface area contributed by atoms with E-state index in [1.807, 2.05) is 6.20 Å². The zero-order valence-corrected chi connectivity index (χ0v) is 15.8. The van der Waals surface area contributed by atoms with Gasteiger partial charge < -0.3 is 16.0 Å². The first-order valence-electron chi connectivity index (χ1n) is 9.41. The Kier molecular flexibility index (Phi) is 5.68. The molecule has 0 aromatic carbocycles. The van der Waals surface area contributed by atoms with E-state index in [1.165, 1.54) is 12.8 Å². The normalized spacial score (nSPS) is 15.9. The monoisotopic (exact) mass is 342 g/mol. The van der Waals surface area contributed by atoms with E-state index in [4.69, 9.17) is 9.97 Å². The van der Waals surface area contributed by atoms with Crippen molar-refractivity contribution in [2.24, 2.45) is 5.92 Å². The zero-order valence-electron chi connectivity index (χ0n) is 15.8. The third kappa shape index (κ3) is 4.57. The Balaban J connectivity index is 1.85. The van der Waals surface area contributed by atoms with Crippen LogP contribution in [0.25, 0.3) is 10.9 Å². The van der Waals surface area contributed by atoms with Crippen molar-refractivity contribution in [3.63, 3.8) is 0 Å². The SMILES string of the molecule is CC(C)Nc1nc(C(C)C)cc2cnc(NCC3CCNCC3)nc12. The summed E-state index contributed by atoms with van der Waals surface area (Å²) < 4.78 is 0. The molecule has 0 atom stereocenters. The van der Waals surface area contributed by atoms with E-state index in [2.05, 4.69) is 54.7 Å². The van der Waals surface area contributed by atoms with Crippen LogP contribution in [-0.2, 0) is 0 Å². The van der Waals surface area contributed by atoms with E-state index in [1.54, 1.807) is 0 Å². The quantitative estimate of drug-likeness (QED) is 0.747. The number of aromatic nitrogens is 3. The summed E-state index contributed by atoms with van der Waals surface area (Å²) in [6.45, 7) is 11.7. The van der Waals surface area contributed by atoms with Crippen LogP contribution in [0.3, 0.4) is 0 Å². The van der Waals surface area contributed by atoms with Gasteiger partial charge >= 0.3 is 0 Å². The van der Waals surface area contributed by atoms with Crippen LogP contribution in [-0.4, -0.2) is 40.6 Å². The zero-order chi connectivity index (χ0) is 17.8. The molecule has 0 spiro atoms. The molecule has 6 nitrogen and oxygen atoms in total. The second-order valence-electron chi connectivity index (χ2n) is 7.56. The third-order valence-electron chi connectivity index (χ3n) is 4.61. The molecule has 2 aromatic rings. The van der Waals surface area contributed by atoms with E-state index >= 15 is 0 Å². The van der Waals surface area contributed by atoms with Crippen LogP contribution >= 0.6 is 0 Å². The van der Waals surface area contributed by atoms with Gasteiger partial charge in [-0.1, -0.05) is 13.8 Å². The highest BCUT2D eigenvalue weighted by molar-refractivity contribution is 5.89. The van der Waals surface area contributed by atoms with Crippen molar-refractivity contribution in [3.05, 3.63) is 18.0 Å². The van der Waals surface area contributed by atoms with Crippen LogP contribution in [0.4, 0.5) is 11.8 Å². The van der Waals surface area contributed by atoms with Crippen LogP contribution in [0.1, 0.15) is 52.1 Å². The number of pyridine rings is 1. The summed E-state index contributed by atoms with van der Waals surface area (Å²) in [5.74, 6) is 2.60. The van der Waals surface area contributed by atoms with E-state index < -0.39 is 0 Å². The Morgan fingerprint density at radius 3 is 2.60 bits per heavy atom. The number of piperidine rings is 1. The molecule has 0 saturated carbocycles. The van der Waals surface area contributed by atoms with E-state index in [9.17, 15) is 0 Å². The van der Waals surface area contributed by atoms with Crippen LogP contribution in [0.15, 0.2) is 12.3 Å². The second kappa shape index (κ2) is 7.95. The summed E-state index contributed by atoms with van der Waals surface area (Å²) in [5.41, 5.74) is 1.95. The molecule has 0 aliphatic carbocycles. The number of nitrogens with one attached hydrogen (secondary N) is 3. The number of hydrogen-bond acceptors (Lipinski definition) is 6. The van der Waals surface area contributed by atoms with Gasteiger partial charge in [-0.05, 0) is 57.7 Å². The van der Waals surface area contributed by atoms with Crippen molar-refractivity contribution in [2.75, 3.05) is 30.3 Å². The molecule has 1 aliphatic rings. The standard InChI is InChI=1S/C19H30N6/c1-12(2)16-9-15-11-22-19(21-10-14-5-7-20-8-6-14)25-17(15)18(24-16)23-13(3)4/h9,11-14,20H,5-8,10H2,1-4H3,(H,23,24)(H,21,22,25). The van der Waals surface area contributed by atoms with Crippen LogP contribution in [0.2, 0.25) is 0 Å². The minimum Gasteiger partial charge on any atom is -0.366 e. The van der Waals surface area contributed by atoms with E-state index in [-0.39, 0.29) is 0 Å². The maximum Gasteiger partial charge on any atom is 0.223 e. The lowest BCUT2D eigenvalue weighted by molar-refractivity contribution is 0.389. The maximum absolute atomic E-state index is 4.79. The summed E-state index contributed by atoms with van der Waals surface area (Å²) >= 11 is 0. The van der Waals surface area contributed by atoms with Crippen LogP contribution in [0.5, 0.6) is 0 Å². The average Bonchev–Trinajstić information content (AvgIpc) is 2.60. The summed E-state index contributed by atoms with van der Waals surface area (Å²) in [7, 11) is 0. The fourth-order valence-electron chi connectivity index (χ4n) is 3.14. The number of anilines is 2. The Labute approximate surface area is 150 Å². The Morgan fingerprint density at radius 1 is 1.16 bits per heavy atom. The minimum absolute atomic E-state index is 0.305. The molecule has 1 aliphatic heterocycles. The average molecular weight is 342 g/mol. The smallest absolute Gasteiger partial charge is 0.223 e. The van der Waals surface area contributed by atoms with Gasteiger partial charge in [-0.3, -0.25) is 0 Å².